The molecule has 7 nitrogen and oxygen atoms in total. The Kier molecular flexibility index (Phi) is 3.42. The fourth-order valence-electron chi connectivity index (χ4n) is 1.75. The van der Waals surface area contributed by atoms with Gasteiger partial charge in [0.25, 0.3) is 0 Å². The van der Waals surface area contributed by atoms with Crippen LogP contribution in [0.4, 0.5) is 11.6 Å². The van der Waals surface area contributed by atoms with Crippen molar-refractivity contribution in [2.75, 3.05) is 24.8 Å². The average Bonchev–Trinajstić information content (AvgIpc) is 2.72. The molecule has 0 fully saturated rings. The molecule has 0 saturated carbocycles. The quantitative estimate of drug-likeness (QED) is 0.754. The van der Waals surface area contributed by atoms with Crippen molar-refractivity contribution in [3.8, 4) is 0 Å². The Balaban J connectivity index is 2.58. The number of aromatic nitrogens is 3. The molecule has 0 spiro atoms. The Hall–Kier alpha value is -2.15. The molecular weight excluding hydrogens is 234 g/mol. The SMILES string of the molecule is CNc1cc2[nH]nc(NC(C)=O)c2c(COC)n1. The standard InChI is InChI=1S/C11H15N5O2/c1-6(17)13-11-10-7(15-16-11)4-9(12-2)14-8(10)5-18-3/h4H,5H2,1-3H3,(H,12,14)(H2,13,15,16,17). The first-order valence-electron chi connectivity index (χ1n) is 5.48. The number of methoxy groups -OCH3 is 1. The zero-order chi connectivity index (χ0) is 13.1. The van der Waals surface area contributed by atoms with E-state index in [0.29, 0.717) is 18.2 Å². The van der Waals surface area contributed by atoms with E-state index in [1.54, 1.807) is 14.2 Å². The lowest BCUT2D eigenvalue weighted by atomic mass is 10.2. The van der Waals surface area contributed by atoms with E-state index in [2.05, 4.69) is 25.8 Å². The highest BCUT2D eigenvalue weighted by atomic mass is 16.5. The molecule has 96 valence electrons. The van der Waals surface area contributed by atoms with Crippen molar-refractivity contribution in [1.29, 1.82) is 0 Å². The average molecular weight is 249 g/mol. The van der Waals surface area contributed by atoms with Gasteiger partial charge in [-0.15, -0.1) is 0 Å². The molecule has 1 amide bonds. The van der Waals surface area contributed by atoms with Crippen molar-refractivity contribution in [2.45, 2.75) is 13.5 Å². The maximum absolute atomic E-state index is 11.1. The normalized spacial score (nSPS) is 10.6. The summed E-state index contributed by atoms with van der Waals surface area (Å²) < 4.78 is 5.12. The molecule has 0 radical (unpaired) electrons. The second kappa shape index (κ2) is 5.01. The largest absolute Gasteiger partial charge is 0.378 e. The van der Waals surface area contributed by atoms with E-state index in [4.69, 9.17) is 4.74 Å². The highest BCUT2D eigenvalue weighted by Crippen LogP contribution is 2.26. The Morgan fingerprint density at radius 2 is 2.33 bits per heavy atom. The molecule has 0 aromatic carbocycles. The summed E-state index contributed by atoms with van der Waals surface area (Å²) in [5.74, 6) is 1.01. The van der Waals surface area contributed by atoms with Crippen LogP contribution in [-0.4, -0.2) is 35.2 Å². The van der Waals surface area contributed by atoms with Crippen LogP contribution in [0.5, 0.6) is 0 Å². The molecule has 2 aromatic heterocycles. The number of aromatic amines is 1. The summed E-state index contributed by atoms with van der Waals surface area (Å²) in [5.41, 5.74) is 1.52. The molecule has 0 unspecified atom stereocenters. The third-order valence-corrected chi connectivity index (χ3v) is 2.45. The summed E-state index contributed by atoms with van der Waals surface area (Å²) in [4.78, 5) is 15.5. The van der Waals surface area contributed by atoms with E-state index < -0.39 is 0 Å². The molecule has 0 aliphatic carbocycles. The predicted molar refractivity (Wildman–Crippen MR) is 68.5 cm³/mol. The molecule has 7 heteroatoms. The first kappa shape index (κ1) is 12.3. The number of anilines is 2. The second-order valence-corrected chi connectivity index (χ2v) is 3.81. The Bertz CT molecular complexity index is 578. The van der Waals surface area contributed by atoms with Crippen molar-refractivity contribution < 1.29 is 9.53 Å². The fourth-order valence-corrected chi connectivity index (χ4v) is 1.75. The van der Waals surface area contributed by atoms with E-state index >= 15 is 0 Å². The fraction of sp³-hybridized carbons (Fsp3) is 0.364. The van der Waals surface area contributed by atoms with Gasteiger partial charge in [0.05, 0.1) is 23.2 Å². The van der Waals surface area contributed by atoms with Crippen LogP contribution < -0.4 is 10.6 Å². The molecule has 0 saturated heterocycles. The van der Waals surface area contributed by atoms with Gasteiger partial charge in [0.2, 0.25) is 5.91 Å². The molecule has 18 heavy (non-hydrogen) atoms. The van der Waals surface area contributed by atoms with Crippen LogP contribution in [0.2, 0.25) is 0 Å². The van der Waals surface area contributed by atoms with Crippen molar-refractivity contribution in [2.24, 2.45) is 0 Å². The summed E-state index contributed by atoms with van der Waals surface area (Å²) in [6, 6.07) is 1.83. The Morgan fingerprint density at radius 3 is 2.94 bits per heavy atom. The number of rotatable bonds is 4. The van der Waals surface area contributed by atoms with Gasteiger partial charge in [0, 0.05) is 27.1 Å². The number of H-pyrrole nitrogens is 1. The first-order valence-corrected chi connectivity index (χ1v) is 5.48. The van der Waals surface area contributed by atoms with Gasteiger partial charge in [0.1, 0.15) is 5.82 Å². The van der Waals surface area contributed by atoms with Crippen LogP contribution in [0.3, 0.4) is 0 Å². The lowest BCUT2D eigenvalue weighted by Crippen LogP contribution is -2.07. The van der Waals surface area contributed by atoms with Crippen molar-refractivity contribution in [3.05, 3.63) is 11.8 Å². The van der Waals surface area contributed by atoms with Crippen LogP contribution in [-0.2, 0) is 16.1 Å². The van der Waals surface area contributed by atoms with Crippen LogP contribution in [0.25, 0.3) is 10.9 Å². The summed E-state index contributed by atoms with van der Waals surface area (Å²) in [5, 5.41) is 13.3. The molecule has 0 bridgehead atoms. The zero-order valence-corrected chi connectivity index (χ0v) is 10.5. The zero-order valence-electron chi connectivity index (χ0n) is 10.5. The van der Waals surface area contributed by atoms with Crippen LogP contribution >= 0.6 is 0 Å². The predicted octanol–water partition coefficient (Wildman–Crippen LogP) is 1.10. The summed E-state index contributed by atoms with van der Waals surface area (Å²) in [6.45, 7) is 1.78. The summed E-state index contributed by atoms with van der Waals surface area (Å²) >= 11 is 0. The number of ether oxygens (including phenoxy) is 1. The number of carbonyl (C=O) groups excluding carboxylic acids is 1. The maximum atomic E-state index is 11.1. The van der Waals surface area contributed by atoms with Gasteiger partial charge in [-0.25, -0.2) is 4.98 Å². The van der Waals surface area contributed by atoms with Gasteiger partial charge in [-0.1, -0.05) is 0 Å². The van der Waals surface area contributed by atoms with Crippen molar-refractivity contribution in [1.82, 2.24) is 15.2 Å². The van der Waals surface area contributed by atoms with E-state index in [9.17, 15) is 4.79 Å². The minimum absolute atomic E-state index is 0.176. The van der Waals surface area contributed by atoms with E-state index in [1.807, 2.05) is 6.07 Å². The lowest BCUT2D eigenvalue weighted by molar-refractivity contribution is -0.114. The number of fused-ring (bicyclic) bond motifs is 1. The molecule has 0 aliphatic heterocycles. The molecule has 3 N–H and O–H groups in total. The number of hydrogen-bond acceptors (Lipinski definition) is 5. The van der Waals surface area contributed by atoms with Gasteiger partial charge in [-0.2, -0.15) is 5.10 Å². The van der Waals surface area contributed by atoms with Crippen LogP contribution in [0.15, 0.2) is 6.07 Å². The number of amides is 1. The van der Waals surface area contributed by atoms with Gasteiger partial charge in [-0.3, -0.25) is 9.89 Å². The molecule has 2 heterocycles. The highest BCUT2D eigenvalue weighted by Gasteiger charge is 2.14. The van der Waals surface area contributed by atoms with E-state index in [1.165, 1.54) is 6.92 Å². The lowest BCUT2D eigenvalue weighted by Gasteiger charge is -2.06. The van der Waals surface area contributed by atoms with E-state index in [0.717, 1.165) is 16.6 Å². The highest BCUT2D eigenvalue weighted by molar-refractivity contribution is 6.00. The molecule has 2 rings (SSSR count). The van der Waals surface area contributed by atoms with Crippen LogP contribution in [0, 0.1) is 0 Å². The van der Waals surface area contributed by atoms with Gasteiger partial charge >= 0.3 is 0 Å². The molecular formula is C11H15N5O2. The molecule has 2 aromatic rings. The minimum atomic E-state index is -0.176. The number of hydrogen-bond donors (Lipinski definition) is 3. The number of nitrogens with one attached hydrogen (secondary N) is 3. The van der Waals surface area contributed by atoms with Crippen molar-refractivity contribution in [3.63, 3.8) is 0 Å². The Labute approximate surface area is 104 Å². The minimum Gasteiger partial charge on any atom is -0.378 e. The summed E-state index contributed by atoms with van der Waals surface area (Å²) in [7, 11) is 3.38. The third-order valence-electron chi connectivity index (χ3n) is 2.45. The maximum Gasteiger partial charge on any atom is 0.222 e. The first-order chi connectivity index (χ1) is 8.65. The van der Waals surface area contributed by atoms with Crippen molar-refractivity contribution >= 4 is 28.4 Å². The number of pyridine rings is 1. The smallest absolute Gasteiger partial charge is 0.222 e. The topological polar surface area (TPSA) is 91.9 Å². The van der Waals surface area contributed by atoms with Gasteiger partial charge in [0.15, 0.2) is 5.82 Å². The van der Waals surface area contributed by atoms with Gasteiger partial charge < -0.3 is 15.4 Å². The molecule has 0 atom stereocenters. The van der Waals surface area contributed by atoms with E-state index in [-0.39, 0.29) is 5.91 Å². The monoisotopic (exact) mass is 249 g/mol. The Morgan fingerprint density at radius 1 is 1.56 bits per heavy atom. The third kappa shape index (κ3) is 2.25. The molecule has 0 aliphatic rings. The number of nitrogens with zero attached hydrogens (tertiary/aromatic N) is 2. The summed E-state index contributed by atoms with van der Waals surface area (Å²) in [6.07, 6.45) is 0. The van der Waals surface area contributed by atoms with Crippen LogP contribution in [0.1, 0.15) is 12.6 Å². The second-order valence-electron chi connectivity index (χ2n) is 3.81. The number of carbonyl (C=O) groups is 1. The van der Waals surface area contributed by atoms with Gasteiger partial charge in [-0.05, 0) is 0 Å².